The summed E-state index contributed by atoms with van der Waals surface area (Å²) < 4.78 is 5.10. The van der Waals surface area contributed by atoms with Gasteiger partial charge in [-0.05, 0) is 29.0 Å². The molecule has 69 valence electrons. The van der Waals surface area contributed by atoms with Crippen molar-refractivity contribution in [2.24, 2.45) is 0 Å². The Balaban J connectivity index is 2.73. The summed E-state index contributed by atoms with van der Waals surface area (Å²) in [6.07, 6.45) is 1.92. The predicted octanol–water partition coefficient (Wildman–Crippen LogP) is 2.31. The van der Waals surface area contributed by atoms with Gasteiger partial charge in [-0.3, -0.25) is 4.79 Å². The normalized spacial score (nSPS) is 10.1. The van der Waals surface area contributed by atoms with E-state index in [0.29, 0.717) is 5.56 Å². The van der Waals surface area contributed by atoms with Crippen LogP contribution in [0.25, 0.3) is 10.8 Å². The molecule has 0 amide bonds. The number of carbonyl (C=O) groups excluding carboxylic acids is 1. The van der Waals surface area contributed by atoms with E-state index < -0.39 is 0 Å². The van der Waals surface area contributed by atoms with Crippen molar-refractivity contribution in [3.05, 3.63) is 42.0 Å². The van der Waals surface area contributed by atoms with Crippen LogP contribution in [0.3, 0.4) is 0 Å². The van der Waals surface area contributed by atoms with E-state index in [-0.39, 0.29) is 0 Å². The molecule has 2 aromatic rings. The van der Waals surface area contributed by atoms with Crippen LogP contribution < -0.4 is 4.74 Å². The molecule has 1 radical (unpaired) electrons. The first-order chi connectivity index (χ1) is 6.85. The van der Waals surface area contributed by atoms with Gasteiger partial charge in [0.05, 0.1) is 7.11 Å². The van der Waals surface area contributed by atoms with Gasteiger partial charge in [0.1, 0.15) is 5.75 Å². The van der Waals surface area contributed by atoms with Gasteiger partial charge >= 0.3 is 0 Å². The van der Waals surface area contributed by atoms with E-state index in [1.54, 1.807) is 13.2 Å². The van der Waals surface area contributed by atoms with Crippen LogP contribution in [0.1, 0.15) is 5.56 Å². The summed E-state index contributed by atoms with van der Waals surface area (Å²) in [7, 11) is 1.62. The molecule has 0 N–H and O–H groups in total. The highest BCUT2D eigenvalue weighted by Gasteiger charge is 2.00. The van der Waals surface area contributed by atoms with Crippen LogP contribution in [0, 0.1) is 0 Å². The number of fused-ring (bicyclic) bond motifs is 1. The van der Waals surface area contributed by atoms with Crippen LogP contribution in [-0.2, 0) is 4.79 Å². The van der Waals surface area contributed by atoms with Gasteiger partial charge in [0.2, 0.25) is 6.29 Å². The van der Waals surface area contributed by atoms with Gasteiger partial charge in [-0.2, -0.15) is 0 Å². The van der Waals surface area contributed by atoms with Gasteiger partial charge in [0.15, 0.2) is 0 Å². The summed E-state index contributed by atoms with van der Waals surface area (Å²) in [6, 6.07) is 11.1. The molecular weight excluding hydrogens is 176 g/mol. The molecule has 2 rings (SSSR count). The molecule has 0 saturated heterocycles. The summed E-state index contributed by atoms with van der Waals surface area (Å²) in [4.78, 5) is 10.6. The minimum Gasteiger partial charge on any atom is -0.497 e. The van der Waals surface area contributed by atoms with Gasteiger partial charge in [-0.15, -0.1) is 0 Å². The second-order valence-corrected chi connectivity index (χ2v) is 2.99. The van der Waals surface area contributed by atoms with E-state index in [0.717, 1.165) is 16.5 Å². The minimum absolute atomic E-state index is 0.588. The zero-order valence-electron chi connectivity index (χ0n) is 7.78. The van der Waals surface area contributed by atoms with E-state index in [2.05, 4.69) is 0 Å². The van der Waals surface area contributed by atoms with E-state index in [1.807, 2.05) is 36.6 Å². The average Bonchev–Trinajstić information content (AvgIpc) is 2.27. The topological polar surface area (TPSA) is 26.3 Å². The molecule has 2 heteroatoms. The second kappa shape index (κ2) is 3.50. The predicted molar refractivity (Wildman–Crippen MR) is 55.3 cm³/mol. The first kappa shape index (κ1) is 8.75. The summed E-state index contributed by atoms with van der Waals surface area (Å²) in [5, 5.41) is 1.90. The smallest absolute Gasteiger partial charge is 0.234 e. The van der Waals surface area contributed by atoms with Crippen molar-refractivity contribution in [1.29, 1.82) is 0 Å². The van der Waals surface area contributed by atoms with Crippen molar-refractivity contribution in [1.82, 2.24) is 0 Å². The zero-order valence-corrected chi connectivity index (χ0v) is 7.78. The van der Waals surface area contributed by atoms with Crippen LogP contribution in [0.5, 0.6) is 5.75 Å². The number of benzene rings is 2. The van der Waals surface area contributed by atoms with Crippen molar-refractivity contribution in [2.75, 3.05) is 7.11 Å². The molecule has 0 spiro atoms. The largest absolute Gasteiger partial charge is 0.497 e. The van der Waals surface area contributed by atoms with E-state index >= 15 is 0 Å². The molecule has 0 fully saturated rings. The molecule has 0 aliphatic heterocycles. The van der Waals surface area contributed by atoms with Gasteiger partial charge in [0, 0.05) is 5.56 Å². The summed E-state index contributed by atoms with van der Waals surface area (Å²) in [6.45, 7) is 0. The lowest BCUT2D eigenvalue weighted by atomic mass is 10.1. The minimum atomic E-state index is 0.588. The van der Waals surface area contributed by atoms with Crippen LogP contribution in [0.4, 0.5) is 0 Å². The van der Waals surface area contributed by atoms with Crippen LogP contribution in [0.2, 0.25) is 0 Å². The quantitative estimate of drug-likeness (QED) is 0.717. The Labute approximate surface area is 82.1 Å². The lowest BCUT2D eigenvalue weighted by molar-refractivity contribution is 0.415. The molecule has 0 heterocycles. The number of hydrogen-bond acceptors (Lipinski definition) is 2. The average molecular weight is 185 g/mol. The Morgan fingerprint density at radius 2 is 2.07 bits per heavy atom. The van der Waals surface area contributed by atoms with Gasteiger partial charge in [-0.25, -0.2) is 0 Å². The Hall–Kier alpha value is -1.83. The van der Waals surface area contributed by atoms with Gasteiger partial charge in [-0.1, -0.05) is 18.2 Å². The van der Waals surface area contributed by atoms with E-state index in [9.17, 15) is 4.79 Å². The first-order valence-corrected chi connectivity index (χ1v) is 4.30. The molecule has 14 heavy (non-hydrogen) atoms. The third kappa shape index (κ3) is 1.35. The fourth-order valence-electron chi connectivity index (χ4n) is 1.48. The maximum absolute atomic E-state index is 10.6. The summed E-state index contributed by atoms with van der Waals surface area (Å²) >= 11 is 0. The standard InChI is InChI=1S/C12H9O2/c1-14-11-5-6-12-9(7-11)3-2-4-10(12)8-13/h2-7H,1H3. The lowest BCUT2D eigenvalue weighted by Crippen LogP contribution is -1.86. The van der Waals surface area contributed by atoms with Crippen molar-refractivity contribution in [3.8, 4) is 5.75 Å². The fourth-order valence-corrected chi connectivity index (χ4v) is 1.48. The van der Waals surface area contributed by atoms with Crippen LogP contribution in [-0.4, -0.2) is 13.4 Å². The van der Waals surface area contributed by atoms with Crippen molar-refractivity contribution >= 4 is 17.1 Å². The van der Waals surface area contributed by atoms with Crippen LogP contribution >= 0.6 is 0 Å². The molecule has 0 unspecified atom stereocenters. The number of ether oxygens (including phenoxy) is 1. The second-order valence-electron chi connectivity index (χ2n) is 2.99. The Morgan fingerprint density at radius 3 is 2.79 bits per heavy atom. The molecule has 0 bridgehead atoms. The van der Waals surface area contributed by atoms with Gasteiger partial charge < -0.3 is 4.74 Å². The maximum atomic E-state index is 10.6. The number of hydrogen-bond donors (Lipinski definition) is 0. The SMILES string of the molecule is COc1ccc2c([C]=O)cccc2c1. The number of methoxy groups -OCH3 is 1. The molecule has 2 aromatic carbocycles. The van der Waals surface area contributed by atoms with E-state index in [1.165, 1.54) is 0 Å². The Morgan fingerprint density at radius 1 is 1.21 bits per heavy atom. The Bertz CT molecular complexity index is 475. The zero-order chi connectivity index (χ0) is 9.97. The molecule has 0 aromatic heterocycles. The van der Waals surface area contributed by atoms with Crippen molar-refractivity contribution in [3.63, 3.8) is 0 Å². The lowest BCUT2D eigenvalue weighted by Gasteiger charge is -2.03. The number of rotatable bonds is 2. The molecule has 0 aliphatic carbocycles. The molecule has 0 aliphatic rings. The molecule has 2 nitrogen and oxygen atoms in total. The Kier molecular flexibility index (Phi) is 2.19. The van der Waals surface area contributed by atoms with E-state index in [4.69, 9.17) is 4.74 Å². The summed E-state index contributed by atoms with van der Waals surface area (Å²) in [5.41, 5.74) is 0.588. The van der Waals surface area contributed by atoms with Crippen molar-refractivity contribution in [2.45, 2.75) is 0 Å². The monoisotopic (exact) mass is 185 g/mol. The van der Waals surface area contributed by atoms with Gasteiger partial charge in [0.25, 0.3) is 0 Å². The molecule has 0 saturated carbocycles. The highest BCUT2D eigenvalue weighted by Crippen LogP contribution is 2.22. The highest BCUT2D eigenvalue weighted by molar-refractivity contribution is 5.98. The third-order valence-corrected chi connectivity index (χ3v) is 2.20. The maximum Gasteiger partial charge on any atom is 0.234 e. The molecular formula is C12H9O2. The highest BCUT2D eigenvalue weighted by atomic mass is 16.5. The third-order valence-electron chi connectivity index (χ3n) is 2.20. The fraction of sp³-hybridized carbons (Fsp3) is 0.0833. The van der Waals surface area contributed by atoms with Crippen molar-refractivity contribution < 1.29 is 9.53 Å². The summed E-state index contributed by atoms with van der Waals surface area (Å²) in [5.74, 6) is 0.792. The first-order valence-electron chi connectivity index (χ1n) is 4.30. The molecule has 0 atom stereocenters. The van der Waals surface area contributed by atoms with Crippen LogP contribution in [0.15, 0.2) is 36.4 Å².